The molecule has 3 nitrogen and oxygen atoms in total. The Labute approximate surface area is 157 Å². The van der Waals surface area contributed by atoms with Crippen LogP contribution < -0.4 is 14.2 Å². The van der Waals surface area contributed by atoms with Gasteiger partial charge in [0.1, 0.15) is 5.75 Å². The third kappa shape index (κ3) is 5.20. The number of unbranched alkanes of at least 4 members (excludes halogenated alkanes) is 3. The summed E-state index contributed by atoms with van der Waals surface area (Å²) in [5, 5.41) is 0. The monoisotopic (exact) mass is 390 g/mol. The van der Waals surface area contributed by atoms with Gasteiger partial charge in [0.2, 0.25) is 0 Å². The Balaban J connectivity index is 1.51. The van der Waals surface area contributed by atoms with Crippen LogP contribution in [0.15, 0.2) is 18.2 Å². The molecule has 0 bridgehead atoms. The van der Waals surface area contributed by atoms with Crippen molar-refractivity contribution in [1.29, 1.82) is 0 Å². The van der Waals surface area contributed by atoms with E-state index < -0.39 is 18.3 Å². The quantitative estimate of drug-likeness (QED) is 0.363. The van der Waals surface area contributed by atoms with Crippen LogP contribution in [0.25, 0.3) is 0 Å². The first-order chi connectivity index (χ1) is 12.8. The van der Waals surface area contributed by atoms with Gasteiger partial charge in [-0.15, -0.1) is 8.78 Å². The second kappa shape index (κ2) is 8.15. The van der Waals surface area contributed by atoms with Crippen molar-refractivity contribution in [1.82, 2.24) is 0 Å². The molecule has 0 atom stereocenters. The number of halogens is 4. The molecule has 1 heterocycles. The second-order valence-corrected chi connectivity index (χ2v) is 7.51. The van der Waals surface area contributed by atoms with Crippen molar-refractivity contribution in [2.45, 2.75) is 77.1 Å². The number of alkyl halides is 4. The maximum absolute atomic E-state index is 14.5. The third-order valence-corrected chi connectivity index (χ3v) is 5.41. The fraction of sp³-hybridized carbons (Fsp3) is 0.700. The zero-order valence-corrected chi connectivity index (χ0v) is 15.5. The highest BCUT2D eigenvalue weighted by molar-refractivity contribution is 5.47. The fourth-order valence-corrected chi connectivity index (χ4v) is 3.88. The van der Waals surface area contributed by atoms with Crippen LogP contribution in [0.5, 0.6) is 17.2 Å². The molecule has 152 valence electrons. The van der Waals surface area contributed by atoms with Gasteiger partial charge < -0.3 is 14.2 Å². The van der Waals surface area contributed by atoms with Gasteiger partial charge in [0.15, 0.2) is 11.5 Å². The molecule has 0 saturated heterocycles. The highest BCUT2D eigenvalue weighted by atomic mass is 19.3. The van der Waals surface area contributed by atoms with Crippen LogP contribution in [-0.4, -0.2) is 12.4 Å². The first kappa shape index (κ1) is 20.1. The average Bonchev–Trinajstić information content (AvgIpc) is 2.92. The van der Waals surface area contributed by atoms with E-state index >= 15 is 0 Å². The molecule has 7 heteroatoms. The molecule has 0 spiro atoms. The Kier molecular flexibility index (Phi) is 6.06. The summed E-state index contributed by atoms with van der Waals surface area (Å²) in [6.45, 7) is 2.17. The van der Waals surface area contributed by atoms with Crippen molar-refractivity contribution in [3.8, 4) is 17.2 Å². The smallest absolute Gasteiger partial charge is 0.432 e. The fourth-order valence-electron chi connectivity index (χ4n) is 3.88. The van der Waals surface area contributed by atoms with E-state index in [1.807, 2.05) is 0 Å². The standard InChI is InChI=1S/C20H26F4O3/c1-2-3-4-5-6-14-7-9-15(10-8-14)19(21,22)25-16-11-12-17-18(13-16)27-20(23,24)26-17/h11-15H,2-10H2,1H3. The molecular formula is C20H26F4O3. The maximum atomic E-state index is 14.5. The van der Waals surface area contributed by atoms with E-state index in [1.54, 1.807) is 0 Å². The summed E-state index contributed by atoms with van der Waals surface area (Å²) in [5.41, 5.74) is 0. The molecule has 27 heavy (non-hydrogen) atoms. The minimum absolute atomic E-state index is 0.195. The van der Waals surface area contributed by atoms with Crippen LogP contribution in [0, 0.1) is 11.8 Å². The van der Waals surface area contributed by atoms with E-state index in [0.29, 0.717) is 18.8 Å². The molecule has 1 saturated carbocycles. The predicted octanol–water partition coefficient (Wildman–Crippen LogP) is 6.76. The topological polar surface area (TPSA) is 27.7 Å². The Hall–Kier alpha value is -1.66. The Morgan fingerprint density at radius 2 is 1.74 bits per heavy atom. The molecule has 3 rings (SSSR count). The largest absolute Gasteiger partial charge is 0.586 e. The number of ether oxygens (including phenoxy) is 3. The summed E-state index contributed by atoms with van der Waals surface area (Å²) in [7, 11) is 0. The van der Waals surface area contributed by atoms with Crippen molar-refractivity contribution in [3.63, 3.8) is 0 Å². The lowest BCUT2D eigenvalue weighted by Crippen LogP contribution is -2.37. The summed E-state index contributed by atoms with van der Waals surface area (Å²) >= 11 is 0. The van der Waals surface area contributed by atoms with Gasteiger partial charge in [-0.05, 0) is 43.7 Å². The number of hydrogen-bond acceptors (Lipinski definition) is 3. The molecule has 1 aliphatic heterocycles. The first-order valence-electron chi connectivity index (χ1n) is 9.76. The lowest BCUT2D eigenvalue weighted by atomic mass is 9.79. The van der Waals surface area contributed by atoms with E-state index in [9.17, 15) is 17.6 Å². The minimum atomic E-state index is -3.78. The third-order valence-electron chi connectivity index (χ3n) is 5.41. The molecule has 1 aliphatic carbocycles. The van der Waals surface area contributed by atoms with Crippen molar-refractivity contribution < 1.29 is 31.8 Å². The van der Waals surface area contributed by atoms with Gasteiger partial charge in [-0.2, -0.15) is 8.78 Å². The molecule has 0 aromatic heterocycles. The van der Waals surface area contributed by atoms with Gasteiger partial charge in [0.05, 0.1) is 5.92 Å². The summed E-state index contributed by atoms with van der Waals surface area (Å²) in [5.74, 6) is -1.05. The molecule has 0 radical (unpaired) electrons. The lowest BCUT2D eigenvalue weighted by molar-refractivity contribution is -0.286. The average molecular weight is 390 g/mol. The first-order valence-corrected chi connectivity index (χ1v) is 9.76. The van der Waals surface area contributed by atoms with Gasteiger partial charge in [-0.3, -0.25) is 0 Å². The van der Waals surface area contributed by atoms with Gasteiger partial charge >= 0.3 is 12.4 Å². The Morgan fingerprint density at radius 1 is 1.04 bits per heavy atom. The second-order valence-electron chi connectivity index (χ2n) is 7.51. The van der Waals surface area contributed by atoms with Gasteiger partial charge in [0.25, 0.3) is 0 Å². The van der Waals surface area contributed by atoms with Crippen molar-refractivity contribution >= 4 is 0 Å². The number of hydrogen-bond donors (Lipinski definition) is 0. The number of benzene rings is 1. The van der Waals surface area contributed by atoms with Crippen LogP contribution in [0.1, 0.15) is 64.7 Å². The van der Waals surface area contributed by atoms with Crippen LogP contribution in [0.4, 0.5) is 17.6 Å². The van der Waals surface area contributed by atoms with Gasteiger partial charge in [-0.1, -0.05) is 39.0 Å². The van der Waals surface area contributed by atoms with Crippen molar-refractivity contribution in [3.05, 3.63) is 18.2 Å². The van der Waals surface area contributed by atoms with Crippen molar-refractivity contribution in [2.24, 2.45) is 11.8 Å². The molecule has 2 aliphatic rings. The Bertz CT molecular complexity index is 628. The van der Waals surface area contributed by atoms with E-state index in [4.69, 9.17) is 4.74 Å². The zero-order chi connectivity index (χ0) is 19.5. The molecule has 1 aromatic carbocycles. The summed E-state index contributed by atoms with van der Waals surface area (Å²) in [6.07, 6.45) is 1.15. The normalized spacial score (nSPS) is 24.0. The zero-order valence-electron chi connectivity index (χ0n) is 15.5. The van der Waals surface area contributed by atoms with E-state index in [0.717, 1.165) is 37.8 Å². The van der Waals surface area contributed by atoms with Gasteiger partial charge in [0, 0.05) is 6.07 Å². The molecule has 0 amide bonds. The molecule has 1 fully saturated rings. The molecule has 1 aromatic rings. The van der Waals surface area contributed by atoms with Crippen LogP contribution in [0.3, 0.4) is 0 Å². The maximum Gasteiger partial charge on any atom is 0.586 e. The Morgan fingerprint density at radius 3 is 2.44 bits per heavy atom. The van der Waals surface area contributed by atoms with Gasteiger partial charge in [-0.25, -0.2) is 0 Å². The van der Waals surface area contributed by atoms with Crippen LogP contribution >= 0.6 is 0 Å². The number of fused-ring (bicyclic) bond motifs is 1. The molecular weight excluding hydrogens is 364 g/mol. The minimum Gasteiger partial charge on any atom is -0.432 e. The van der Waals surface area contributed by atoms with Crippen LogP contribution in [0.2, 0.25) is 0 Å². The number of rotatable bonds is 8. The summed E-state index contributed by atoms with van der Waals surface area (Å²) in [4.78, 5) is 0. The SMILES string of the molecule is CCCCCCC1CCC(C(F)(F)Oc2ccc3c(c2)OC(F)(F)O3)CC1. The van der Waals surface area contributed by atoms with Crippen molar-refractivity contribution in [2.75, 3.05) is 0 Å². The lowest BCUT2D eigenvalue weighted by Gasteiger charge is -2.33. The van der Waals surface area contributed by atoms with E-state index in [1.165, 1.54) is 25.3 Å². The van der Waals surface area contributed by atoms with E-state index in [2.05, 4.69) is 16.4 Å². The highest BCUT2D eigenvalue weighted by Crippen LogP contribution is 2.45. The molecule has 0 unspecified atom stereocenters. The van der Waals surface area contributed by atoms with Crippen LogP contribution in [-0.2, 0) is 0 Å². The molecule has 0 N–H and O–H groups in total. The highest BCUT2D eigenvalue weighted by Gasteiger charge is 2.46. The summed E-state index contributed by atoms with van der Waals surface area (Å²) in [6, 6.07) is 3.36. The summed E-state index contributed by atoms with van der Waals surface area (Å²) < 4.78 is 68.5. The van der Waals surface area contributed by atoms with E-state index in [-0.39, 0.29) is 17.2 Å². The predicted molar refractivity (Wildman–Crippen MR) is 92.4 cm³/mol.